The largest absolute Gasteiger partial charge is 0.395 e. The van der Waals surface area contributed by atoms with Crippen LogP contribution in [-0.4, -0.2) is 41.7 Å². The summed E-state index contributed by atoms with van der Waals surface area (Å²) in [6, 6.07) is 0.191. The maximum absolute atomic E-state index is 12.7. The first-order chi connectivity index (χ1) is 8.86. The van der Waals surface area contributed by atoms with Crippen LogP contribution in [0.15, 0.2) is 0 Å². The number of nitrogens with zero attached hydrogens (tertiary/aromatic N) is 1. The summed E-state index contributed by atoms with van der Waals surface area (Å²) in [7, 11) is 0. The van der Waals surface area contributed by atoms with Gasteiger partial charge in [0.1, 0.15) is 0 Å². The molecule has 3 N–H and O–H groups in total. The number of nitrogens with two attached hydrogens (primary N) is 1. The van der Waals surface area contributed by atoms with Crippen LogP contribution in [0.2, 0.25) is 0 Å². The molecule has 0 saturated heterocycles. The van der Waals surface area contributed by atoms with E-state index in [1.165, 1.54) is 0 Å². The van der Waals surface area contributed by atoms with Crippen LogP contribution in [0.3, 0.4) is 0 Å². The Labute approximate surface area is 117 Å². The van der Waals surface area contributed by atoms with Crippen molar-refractivity contribution in [2.45, 2.75) is 53.0 Å². The van der Waals surface area contributed by atoms with E-state index in [9.17, 15) is 4.79 Å². The van der Waals surface area contributed by atoms with E-state index in [4.69, 9.17) is 10.8 Å². The summed E-state index contributed by atoms with van der Waals surface area (Å²) >= 11 is 0. The van der Waals surface area contributed by atoms with Crippen molar-refractivity contribution in [2.24, 2.45) is 23.0 Å². The first-order valence-corrected chi connectivity index (χ1v) is 7.51. The minimum absolute atomic E-state index is 0.0281. The van der Waals surface area contributed by atoms with Gasteiger partial charge in [0.05, 0.1) is 6.61 Å². The van der Waals surface area contributed by atoms with Gasteiger partial charge in [-0.15, -0.1) is 0 Å². The molecule has 1 aliphatic rings. The Bertz CT molecular complexity index is 299. The van der Waals surface area contributed by atoms with E-state index in [1.54, 1.807) is 0 Å². The van der Waals surface area contributed by atoms with Gasteiger partial charge in [-0.1, -0.05) is 27.7 Å². The zero-order valence-electron chi connectivity index (χ0n) is 12.9. The number of carbonyl (C=O) groups excluding carboxylic acids is 1. The number of aliphatic hydroxyl groups excluding tert-OH is 1. The fourth-order valence-electron chi connectivity index (χ4n) is 3.24. The van der Waals surface area contributed by atoms with Crippen LogP contribution in [0.4, 0.5) is 0 Å². The minimum Gasteiger partial charge on any atom is -0.395 e. The molecule has 1 amide bonds. The minimum atomic E-state index is -0.0732. The zero-order valence-corrected chi connectivity index (χ0v) is 12.9. The van der Waals surface area contributed by atoms with Crippen LogP contribution in [0, 0.1) is 17.3 Å². The van der Waals surface area contributed by atoms with Crippen LogP contribution in [-0.2, 0) is 4.79 Å². The van der Waals surface area contributed by atoms with Gasteiger partial charge in [0, 0.05) is 25.0 Å². The van der Waals surface area contributed by atoms with Crippen LogP contribution in [0.25, 0.3) is 0 Å². The Morgan fingerprint density at radius 1 is 1.37 bits per heavy atom. The molecular weight excluding hydrogens is 240 g/mol. The highest BCUT2D eigenvalue weighted by molar-refractivity contribution is 5.79. The van der Waals surface area contributed by atoms with Crippen molar-refractivity contribution in [2.75, 3.05) is 19.7 Å². The Morgan fingerprint density at radius 2 is 2.00 bits per heavy atom. The Kier molecular flexibility index (Phi) is 5.81. The zero-order chi connectivity index (χ0) is 14.6. The van der Waals surface area contributed by atoms with Gasteiger partial charge in [0.15, 0.2) is 0 Å². The SMILES string of the molecule is CCCN(CCO)C(=O)C1CCC(N)C(C)C1(C)C. The Balaban J connectivity index is 2.84. The van der Waals surface area contributed by atoms with Gasteiger partial charge >= 0.3 is 0 Å². The molecule has 0 spiro atoms. The number of carbonyl (C=O) groups is 1. The van der Waals surface area contributed by atoms with Crippen molar-refractivity contribution in [3.05, 3.63) is 0 Å². The molecule has 3 atom stereocenters. The summed E-state index contributed by atoms with van der Waals surface area (Å²) in [6.45, 7) is 9.73. The van der Waals surface area contributed by atoms with Crippen LogP contribution in [0.1, 0.15) is 47.0 Å². The molecule has 0 aromatic carbocycles. The van der Waals surface area contributed by atoms with Gasteiger partial charge in [-0.05, 0) is 30.6 Å². The number of rotatable bonds is 5. The van der Waals surface area contributed by atoms with E-state index >= 15 is 0 Å². The normalized spacial score (nSPS) is 30.1. The van der Waals surface area contributed by atoms with Crippen molar-refractivity contribution < 1.29 is 9.90 Å². The Morgan fingerprint density at radius 3 is 2.53 bits per heavy atom. The lowest BCUT2D eigenvalue weighted by molar-refractivity contribution is -0.144. The van der Waals surface area contributed by atoms with Crippen molar-refractivity contribution in [3.63, 3.8) is 0 Å². The lowest BCUT2D eigenvalue weighted by Gasteiger charge is -2.47. The molecule has 4 nitrogen and oxygen atoms in total. The van der Waals surface area contributed by atoms with Gasteiger partial charge in [-0.2, -0.15) is 0 Å². The third-order valence-corrected chi connectivity index (χ3v) is 4.98. The van der Waals surface area contributed by atoms with Crippen LogP contribution in [0.5, 0.6) is 0 Å². The maximum Gasteiger partial charge on any atom is 0.226 e. The average Bonchev–Trinajstić information content (AvgIpc) is 2.35. The highest BCUT2D eigenvalue weighted by Crippen LogP contribution is 2.45. The van der Waals surface area contributed by atoms with Crippen molar-refractivity contribution >= 4 is 5.91 Å². The first-order valence-electron chi connectivity index (χ1n) is 7.51. The predicted molar refractivity (Wildman–Crippen MR) is 77.6 cm³/mol. The lowest BCUT2D eigenvalue weighted by Crippen LogP contribution is -2.52. The molecule has 0 aromatic rings. The third kappa shape index (κ3) is 3.48. The number of hydrogen-bond acceptors (Lipinski definition) is 3. The average molecular weight is 270 g/mol. The third-order valence-electron chi connectivity index (χ3n) is 4.98. The van der Waals surface area contributed by atoms with E-state index < -0.39 is 0 Å². The van der Waals surface area contributed by atoms with Gasteiger partial charge in [-0.3, -0.25) is 4.79 Å². The molecule has 4 heteroatoms. The van der Waals surface area contributed by atoms with E-state index in [-0.39, 0.29) is 29.9 Å². The fourth-order valence-corrected chi connectivity index (χ4v) is 3.24. The number of aliphatic hydroxyl groups is 1. The second-order valence-electron chi connectivity index (χ2n) is 6.45. The van der Waals surface area contributed by atoms with Crippen molar-refractivity contribution in [1.29, 1.82) is 0 Å². The summed E-state index contributed by atoms with van der Waals surface area (Å²) in [6.07, 6.45) is 2.71. The van der Waals surface area contributed by atoms with Gasteiger partial charge in [0.2, 0.25) is 5.91 Å². The Hall–Kier alpha value is -0.610. The van der Waals surface area contributed by atoms with Gasteiger partial charge in [0.25, 0.3) is 0 Å². The van der Waals surface area contributed by atoms with E-state index in [0.29, 0.717) is 12.5 Å². The molecular formula is C15H30N2O2. The quantitative estimate of drug-likeness (QED) is 0.797. The van der Waals surface area contributed by atoms with Crippen molar-refractivity contribution in [3.8, 4) is 0 Å². The van der Waals surface area contributed by atoms with Gasteiger partial charge in [-0.25, -0.2) is 0 Å². The van der Waals surface area contributed by atoms with E-state index in [2.05, 4.69) is 27.7 Å². The first kappa shape index (κ1) is 16.4. The molecule has 1 rings (SSSR count). The number of amides is 1. The molecule has 0 aromatic heterocycles. The fraction of sp³-hybridized carbons (Fsp3) is 0.933. The van der Waals surface area contributed by atoms with Crippen LogP contribution >= 0.6 is 0 Å². The molecule has 0 radical (unpaired) electrons. The highest BCUT2D eigenvalue weighted by Gasteiger charge is 2.45. The summed E-state index contributed by atoms with van der Waals surface area (Å²) in [5.74, 6) is 0.563. The summed E-state index contributed by atoms with van der Waals surface area (Å²) in [5, 5.41) is 9.12. The second-order valence-corrected chi connectivity index (χ2v) is 6.45. The summed E-state index contributed by atoms with van der Waals surface area (Å²) in [4.78, 5) is 14.5. The molecule has 0 aliphatic heterocycles. The molecule has 1 fully saturated rings. The molecule has 0 heterocycles. The molecule has 0 bridgehead atoms. The summed E-state index contributed by atoms with van der Waals surface area (Å²) < 4.78 is 0. The second kappa shape index (κ2) is 6.71. The molecule has 1 aliphatic carbocycles. The van der Waals surface area contributed by atoms with Crippen molar-refractivity contribution in [1.82, 2.24) is 4.90 Å². The predicted octanol–water partition coefficient (Wildman–Crippen LogP) is 1.62. The highest BCUT2D eigenvalue weighted by atomic mass is 16.3. The molecule has 3 unspecified atom stereocenters. The molecule has 1 saturated carbocycles. The topological polar surface area (TPSA) is 66.6 Å². The maximum atomic E-state index is 12.7. The molecule has 19 heavy (non-hydrogen) atoms. The number of hydrogen-bond donors (Lipinski definition) is 2. The standard InChI is InChI=1S/C15H30N2O2/c1-5-8-17(9-10-18)14(19)12-6-7-13(16)11(2)15(12,3)4/h11-13,18H,5-10,16H2,1-4H3. The summed E-state index contributed by atoms with van der Waals surface area (Å²) in [5.41, 5.74) is 6.07. The van der Waals surface area contributed by atoms with E-state index in [1.807, 2.05) is 4.90 Å². The lowest BCUT2D eigenvalue weighted by atomic mass is 9.60. The van der Waals surface area contributed by atoms with E-state index in [0.717, 1.165) is 25.8 Å². The van der Waals surface area contributed by atoms with Gasteiger partial charge < -0.3 is 15.7 Å². The smallest absolute Gasteiger partial charge is 0.226 e. The molecule has 112 valence electrons. The monoisotopic (exact) mass is 270 g/mol. The van der Waals surface area contributed by atoms with Crippen LogP contribution < -0.4 is 5.73 Å².